The van der Waals surface area contributed by atoms with E-state index in [1.165, 1.54) is 11.8 Å². The molecular formula is C16H15N3O2S. The lowest BCUT2D eigenvalue weighted by atomic mass is 10.2. The van der Waals surface area contributed by atoms with Crippen molar-refractivity contribution < 1.29 is 9.84 Å². The highest BCUT2D eigenvalue weighted by Gasteiger charge is 2.02. The Kier molecular flexibility index (Phi) is 3.93. The lowest BCUT2D eigenvalue weighted by Gasteiger charge is -2.02. The fourth-order valence-electron chi connectivity index (χ4n) is 2.10. The van der Waals surface area contributed by atoms with Crippen molar-refractivity contribution in [3.8, 4) is 11.5 Å². The lowest BCUT2D eigenvalue weighted by Crippen LogP contribution is -2.08. The number of hydrogen-bond donors (Lipinski definition) is 1. The number of phenolic OH excluding ortho intramolecular Hbond substituents is 1. The molecule has 3 aromatic rings. The van der Waals surface area contributed by atoms with E-state index in [-0.39, 0.29) is 5.75 Å². The van der Waals surface area contributed by atoms with Gasteiger partial charge in [0, 0.05) is 7.05 Å². The number of rotatable bonds is 3. The number of para-hydroxylation sites is 1. The van der Waals surface area contributed by atoms with Gasteiger partial charge in [-0.3, -0.25) is 0 Å². The molecule has 0 amide bonds. The quantitative estimate of drug-likeness (QED) is 0.597. The van der Waals surface area contributed by atoms with E-state index < -0.39 is 0 Å². The van der Waals surface area contributed by atoms with Crippen molar-refractivity contribution in [2.24, 2.45) is 17.3 Å². The number of fused-ring (bicyclic) bond motifs is 1. The van der Waals surface area contributed by atoms with Crippen LogP contribution >= 0.6 is 11.3 Å². The van der Waals surface area contributed by atoms with E-state index >= 15 is 0 Å². The normalized spacial score (nSPS) is 12.4. The summed E-state index contributed by atoms with van der Waals surface area (Å²) in [5, 5.41) is 18.0. The molecule has 112 valence electrons. The van der Waals surface area contributed by atoms with Gasteiger partial charge in [0.25, 0.3) is 0 Å². The molecule has 5 nitrogen and oxygen atoms in total. The largest absolute Gasteiger partial charge is 0.504 e. The van der Waals surface area contributed by atoms with E-state index in [9.17, 15) is 5.11 Å². The molecular weight excluding hydrogens is 298 g/mol. The Morgan fingerprint density at radius 1 is 1.23 bits per heavy atom. The second kappa shape index (κ2) is 6.03. The lowest BCUT2D eigenvalue weighted by molar-refractivity contribution is 0.373. The van der Waals surface area contributed by atoms with Gasteiger partial charge in [-0.2, -0.15) is 5.10 Å². The number of ether oxygens (including phenoxy) is 1. The van der Waals surface area contributed by atoms with Crippen molar-refractivity contribution in [1.82, 2.24) is 4.57 Å². The van der Waals surface area contributed by atoms with Gasteiger partial charge >= 0.3 is 0 Å². The summed E-state index contributed by atoms with van der Waals surface area (Å²) in [6, 6.07) is 13.2. The van der Waals surface area contributed by atoms with Crippen LogP contribution in [-0.2, 0) is 7.05 Å². The summed E-state index contributed by atoms with van der Waals surface area (Å²) >= 11 is 1.59. The Bertz CT molecular complexity index is 909. The Morgan fingerprint density at radius 3 is 2.82 bits per heavy atom. The summed E-state index contributed by atoms with van der Waals surface area (Å²) in [4.78, 5) is 0.822. The molecule has 0 unspecified atom stereocenters. The van der Waals surface area contributed by atoms with Crippen molar-refractivity contribution in [2.75, 3.05) is 7.11 Å². The van der Waals surface area contributed by atoms with Crippen LogP contribution in [0.1, 0.15) is 5.56 Å². The first kappa shape index (κ1) is 14.3. The van der Waals surface area contributed by atoms with Gasteiger partial charge in [0.05, 0.1) is 23.5 Å². The van der Waals surface area contributed by atoms with Crippen LogP contribution in [0.15, 0.2) is 52.7 Å². The number of hydrogen-bond acceptors (Lipinski definition) is 5. The molecule has 0 fully saturated rings. The van der Waals surface area contributed by atoms with Gasteiger partial charge in [0.15, 0.2) is 11.5 Å². The number of methoxy groups -OCH3 is 1. The number of benzene rings is 2. The molecule has 0 atom stereocenters. The summed E-state index contributed by atoms with van der Waals surface area (Å²) in [5.74, 6) is 0.517. The highest BCUT2D eigenvalue weighted by molar-refractivity contribution is 7.16. The van der Waals surface area contributed by atoms with E-state index in [0.29, 0.717) is 5.75 Å². The third-order valence-corrected chi connectivity index (χ3v) is 4.37. The maximum Gasteiger partial charge on any atom is 0.211 e. The smallest absolute Gasteiger partial charge is 0.211 e. The number of aryl methyl sites for hydroxylation is 1. The number of thiazole rings is 1. The van der Waals surface area contributed by atoms with Crippen LogP contribution in [-0.4, -0.2) is 23.0 Å². The summed E-state index contributed by atoms with van der Waals surface area (Å²) in [5.41, 5.74) is 1.94. The zero-order valence-electron chi connectivity index (χ0n) is 12.2. The second-order valence-electron chi connectivity index (χ2n) is 4.69. The molecule has 3 rings (SSSR count). The highest BCUT2D eigenvalue weighted by Crippen LogP contribution is 2.25. The molecule has 0 spiro atoms. The van der Waals surface area contributed by atoms with E-state index in [1.54, 1.807) is 35.8 Å². The minimum atomic E-state index is 0.104. The Labute approximate surface area is 131 Å². The Balaban J connectivity index is 1.93. The van der Waals surface area contributed by atoms with E-state index in [4.69, 9.17) is 4.74 Å². The van der Waals surface area contributed by atoms with Crippen molar-refractivity contribution >= 4 is 27.8 Å². The van der Waals surface area contributed by atoms with Gasteiger partial charge in [-0.15, -0.1) is 5.10 Å². The van der Waals surface area contributed by atoms with Crippen LogP contribution in [0.3, 0.4) is 0 Å². The van der Waals surface area contributed by atoms with E-state index in [1.807, 2.05) is 23.7 Å². The molecule has 2 aromatic carbocycles. The molecule has 0 bridgehead atoms. The van der Waals surface area contributed by atoms with Crippen molar-refractivity contribution in [3.63, 3.8) is 0 Å². The average Bonchev–Trinajstić information content (AvgIpc) is 2.86. The minimum Gasteiger partial charge on any atom is -0.504 e. The van der Waals surface area contributed by atoms with Crippen molar-refractivity contribution in [1.29, 1.82) is 0 Å². The van der Waals surface area contributed by atoms with Crippen LogP contribution in [0.2, 0.25) is 0 Å². The molecule has 0 saturated carbocycles. The third-order valence-electron chi connectivity index (χ3n) is 3.27. The summed E-state index contributed by atoms with van der Waals surface area (Å²) in [7, 11) is 3.48. The van der Waals surface area contributed by atoms with Gasteiger partial charge in [0.2, 0.25) is 4.80 Å². The van der Waals surface area contributed by atoms with Crippen LogP contribution in [0, 0.1) is 0 Å². The SMILES string of the molecule is COc1cc(C=NN=c2sc3ccccc3n2C)ccc1O. The molecule has 1 heterocycles. The van der Waals surface area contributed by atoms with Gasteiger partial charge in [0.1, 0.15) is 0 Å². The number of aromatic nitrogens is 1. The molecule has 0 aliphatic heterocycles. The molecule has 0 radical (unpaired) electrons. The minimum absolute atomic E-state index is 0.104. The maximum atomic E-state index is 9.56. The molecule has 1 aromatic heterocycles. The number of aromatic hydroxyl groups is 1. The first-order valence-electron chi connectivity index (χ1n) is 6.67. The first-order chi connectivity index (χ1) is 10.7. The van der Waals surface area contributed by atoms with Crippen molar-refractivity contribution in [2.45, 2.75) is 0 Å². The molecule has 0 aliphatic rings. The maximum absolute atomic E-state index is 9.56. The highest BCUT2D eigenvalue weighted by atomic mass is 32.1. The summed E-state index contributed by atoms with van der Waals surface area (Å²) in [6.45, 7) is 0. The average molecular weight is 313 g/mol. The van der Waals surface area contributed by atoms with Crippen LogP contribution in [0.5, 0.6) is 11.5 Å². The van der Waals surface area contributed by atoms with Crippen LogP contribution in [0.25, 0.3) is 10.2 Å². The zero-order chi connectivity index (χ0) is 15.5. The monoisotopic (exact) mass is 313 g/mol. The fourth-order valence-corrected chi connectivity index (χ4v) is 3.07. The number of nitrogens with zero attached hydrogens (tertiary/aromatic N) is 3. The summed E-state index contributed by atoms with van der Waals surface area (Å²) < 4.78 is 8.25. The molecule has 22 heavy (non-hydrogen) atoms. The zero-order valence-corrected chi connectivity index (χ0v) is 13.0. The van der Waals surface area contributed by atoms with E-state index in [2.05, 4.69) is 22.3 Å². The molecule has 1 N–H and O–H groups in total. The third kappa shape index (κ3) is 2.73. The van der Waals surface area contributed by atoms with Crippen LogP contribution < -0.4 is 9.54 Å². The van der Waals surface area contributed by atoms with Gasteiger partial charge in [-0.25, -0.2) is 0 Å². The number of phenols is 1. The predicted octanol–water partition coefficient (Wildman–Crippen LogP) is 2.89. The van der Waals surface area contributed by atoms with Gasteiger partial charge < -0.3 is 14.4 Å². The molecule has 0 aliphatic carbocycles. The predicted molar refractivity (Wildman–Crippen MR) is 88.6 cm³/mol. The van der Waals surface area contributed by atoms with E-state index in [0.717, 1.165) is 15.9 Å². The molecule has 6 heteroatoms. The topological polar surface area (TPSA) is 59.1 Å². The van der Waals surface area contributed by atoms with Crippen LogP contribution in [0.4, 0.5) is 0 Å². The van der Waals surface area contributed by atoms with Crippen molar-refractivity contribution in [3.05, 3.63) is 52.8 Å². The Hall–Kier alpha value is -2.60. The fraction of sp³-hybridized carbons (Fsp3) is 0.125. The van der Waals surface area contributed by atoms with Gasteiger partial charge in [-0.05, 0) is 35.9 Å². The molecule has 0 saturated heterocycles. The summed E-state index contributed by atoms with van der Waals surface area (Å²) in [6.07, 6.45) is 1.63. The Morgan fingerprint density at radius 2 is 2.05 bits per heavy atom. The first-order valence-corrected chi connectivity index (χ1v) is 7.49. The standard InChI is InChI=1S/C16H15N3O2S/c1-19-12-5-3-4-6-15(12)22-16(19)18-17-10-11-7-8-13(20)14(9-11)21-2/h3-10,20H,1-2H3. The van der Waals surface area contributed by atoms with Gasteiger partial charge in [-0.1, -0.05) is 23.5 Å². The second-order valence-corrected chi connectivity index (χ2v) is 5.70.